The summed E-state index contributed by atoms with van der Waals surface area (Å²) >= 11 is 0. The SMILES string of the molecule is CNCC1CCCN1C(=O)CCc1ccc(F)cc1. The van der Waals surface area contributed by atoms with Crippen LogP contribution in [0.25, 0.3) is 0 Å². The van der Waals surface area contributed by atoms with Crippen LogP contribution in [0.2, 0.25) is 0 Å². The molecule has 1 N–H and O–H groups in total. The number of benzene rings is 1. The molecule has 4 heteroatoms. The van der Waals surface area contributed by atoms with Gasteiger partial charge in [0.2, 0.25) is 5.91 Å². The molecular weight excluding hydrogens is 243 g/mol. The van der Waals surface area contributed by atoms with Gasteiger partial charge in [-0.15, -0.1) is 0 Å². The van der Waals surface area contributed by atoms with Crippen LogP contribution in [-0.4, -0.2) is 37.0 Å². The molecule has 1 aromatic carbocycles. The highest BCUT2D eigenvalue weighted by Gasteiger charge is 2.27. The van der Waals surface area contributed by atoms with Crippen LogP contribution in [0.3, 0.4) is 0 Å². The zero-order valence-electron chi connectivity index (χ0n) is 11.4. The maximum atomic E-state index is 12.8. The zero-order valence-corrected chi connectivity index (χ0v) is 11.4. The zero-order chi connectivity index (χ0) is 13.7. The van der Waals surface area contributed by atoms with Gasteiger partial charge in [-0.2, -0.15) is 0 Å². The predicted molar refractivity (Wildman–Crippen MR) is 73.4 cm³/mol. The summed E-state index contributed by atoms with van der Waals surface area (Å²) in [6.07, 6.45) is 3.37. The molecule has 104 valence electrons. The molecule has 1 heterocycles. The Kier molecular flexibility index (Phi) is 4.91. The Labute approximate surface area is 113 Å². The van der Waals surface area contributed by atoms with E-state index < -0.39 is 0 Å². The third-order valence-corrected chi connectivity index (χ3v) is 3.68. The van der Waals surface area contributed by atoms with Crippen molar-refractivity contribution in [2.45, 2.75) is 31.7 Å². The second-order valence-corrected chi connectivity index (χ2v) is 5.07. The predicted octanol–water partition coefficient (Wildman–Crippen LogP) is 1.97. The Morgan fingerprint density at radius 3 is 2.84 bits per heavy atom. The molecule has 1 aliphatic heterocycles. The van der Waals surface area contributed by atoms with Crippen molar-refractivity contribution in [3.05, 3.63) is 35.6 Å². The van der Waals surface area contributed by atoms with Gasteiger partial charge in [0, 0.05) is 25.6 Å². The first kappa shape index (κ1) is 14.0. The summed E-state index contributed by atoms with van der Waals surface area (Å²) < 4.78 is 12.8. The lowest BCUT2D eigenvalue weighted by atomic mass is 10.1. The standard InChI is InChI=1S/C15H21FN2O/c1-17-11-14-3-2-10-18(14)15(19)9-6-12-4-7-13(16)8-5-12/h4-5,7-8,14,17H,2-3,6,9-11H2,1H3. The minimum Gasteiger partial charge on any atom is -0.338 e. The third kappa shape index (κ3) is 3.77. The smallest absolute Gasteiger partial charge is 0.223 e. The molecule has 19 heavy (non-hydrogen) atoms. The molecule has 0 bridgehead atoms. The Hall–Kier alpha value is -1.42. The fourth-order valence-corrected chi connectivity index (χ4v) is 2.66. The van der Waals surface area contributed by atoms with E-state index in [2.05, 4.69) is 5.32 Å². The lowest BCUT2D eigenvalue weighted by Gasteiger charge is -2.24. The number of nitrogens with one attached hydrogen (secondary N) is 1. The molecule has 1 aromatic rings. The first-order valence-corrected chi connectivity index (χ1v) is 6.89. The van der Waals surface area contributed by atoms with Crippen LogP contribution in [0, 0.1) is 5.82 Å². The quantitative estimate of drug-likeness (QED) is 0.882. The van der Waals surface area contributed by atoms with Gasteiger partial charge in [0.15, 0.2) is 0 Å². The van der Waals surface area contributed by atoms with E-state index in [1.165, 1.54) is 12.1 Å². The van der Waals surface area contributed by atoms with Crippen LogP contribution in [-0.2, 0) is 11.2 Å². The van der Waals surface area contributed by atoms with E-state index in [4.69, 9.17) is 0 Å². The average Bonchev–Trinajstić information content (AvgIpc) is 2.86. The molecule has 3 nitrogen and oxygen atoms in total. The van der Waals surface area contributed by atoms with Crippen molar-refractivity contribution in [2.24, 2.45) is 0 Å². The number of likely N-dealkylation sites (N-methyl/N-ethyl adjacent to an activating group) is 1. The second-order valence-electron chi connectivity index (χ2n) is 5.07. The van der Waals surface area contributed by atoms with Gasteiger partial charge in [-0.1, -0.05) is 12.1 Å². The highest BCUT2D eigenvalue weighted by atomic mass is 19.1. The molecule has 1 amide bonds. The molecule has 0 saturated carbocycles. The summed E-state index contributed by atoms with van der Waals surface area (Å²) in [6.45, 7) is 1.73. The topological polar surface area (TPSA) is 32.3 Å². The van der Waals surface area contributed by atoms with Gasteiger partial charge in [-0.05, 0) is 44.0 Å². The first-order valence-electron chi connectivity index (χ1n) is 6.89. The molecule has 1 aliphatic rings. The molecule has 0 aromatic heterocycles. The van der Waals surface area contributed by atoms with Crippen LogP contribution in [0.1, 0.15) is 24.8 Å². The van der Waals surface area contributed by atoms with Crippen molar-refractivity contribution in [1.82, 2.24) is 10.2 Å². The highest BCUT2D eigenvalue weighted by Crippen LogP contribution is 2.18. The number of nitrogens with zero attached hydrogens (tertiary/aromatic N) is 1. The van der Waals surface area contributed by atoms with Crippen LogP contribution >= 0.6 is 0 Å². The fourth-order valence-electron chi connectivity index (χ4n) is 2.66. The molecule has 1 unspecified atom stereocenters. The Bertz CT molecular complexity index is 419. The molecule has 2 rings (SSSR count). The summed E-state index contributed by atoms with van der Waals surface area (Å²) in [5, 5.41) is 3.14. The molecule has 1 saturated heterocycles. The molecule has 1 atom stereocenters. The molecular formula is C15H21FN2O. The summed E-state index contributed by atoms with van der Waals surface area (Å²) in [5.41, 5.74) is 1.01. The van der Waals surface area contributed by atoms with Crippen molar-refractivity contribution >= 4 is 5.91 Å². The minimum absolute atomic E-state index is 0.210. The number of halogens is 1. The monoisotopic (exact) mass is 264 g/mol. The van der Waals surface area contributed by atoms with Gasteiger partial charge in [0.25, 0.3) is 0 Å². The van der Waals surface area contributed by atoms with E-state index in [1.807, 2.05) is 11.9 Å². The Balaban J connectivity index is 1.85. The van der Waals surface area contributed by atoms with Crippen LogP contribution in [0.4, 0.5) is 4.39 Å². The van der Waals surface area contributed by atoms with Crippen LogP contribution < -0.4 is 5.32 Å². The molecule has 0 aliphatic carbocycles. The van der Waals surface area contributed by atoms with Gasteiger partial charge in [0.05, 0.1) is 0 Å². The van der Waals surface area contributed by atoms with Crippen molar-refractivity contribution in [3.63, 3.8) is 0 Å². The maximum absolute atomic E-state index is 12.8. The van der Waals surface area contributed by atoms with Gasteiger partial charge >= 0.3 is 0 Å². The fraction of sp³-hybridized carbons (Fsp3) is 0.533. The lowest BCUT2D eigenvalue weighted by Crippen LogP contribution is -2.40. The summed E-state index contributed by atoms with van der Waals surface area (Å²) in [5.74, 6) is -0.0224. The average molecular weight is 264 g/mol. The van der Waals surface area contributed by atoms with Crippen molar-refractivity contribution in [1.29, 1.82) is 0 Å². The summed E-state index contributed by atoms with van der Waals surface area (Å²) in [6, 6.07) is 6.72. The van der Waals surface area contributed by atoms with Gasteiger partial charge in [-0.3, -0.25) is 4.79 Å². The van der Waals surface area contributed by atoms with Gasteiger partial charge in [0.1, 0.15) is 5.82 Å². The summed E-state index contributed by atoms with van der Waals surface area (Å²) in [4.78, 5) is 14.2. The van der Waals surface area contributed by atoms with Crippen molar-refractivity contribution in [3.8, 4) is 0 Å². The largest absolute Gasteiger partial charge is 0.338 e. The third-order valence-electron chi connectivity index (χ3n) is 3.68. The number of amides is 1. The number of rotatable bonds is 5. The van der Waals surface area contributed by atoms with Crippen molar-refractivity contribution in [2.75, 3.05) is 20.1 Å². The molecule has 0 radical (unpaired) electrons. The Morgan fingerprint density at radius 1 is 1.42 bits per heavy atom. The molecule has 0 spiro atoms. The highest BCUT2D eigenvalue weighted by molar-refractivity contribution is 5.77. The van der Waals surface area contributed by atoms with E-state index >= 15 is 0 Å². The Morgan fingerprint density at radius 2 is 2.16 bits per heavy atom. The minimum atomic E-state index is -0.233. The van der Waals surface area contributed by atoms with E-state index in [-0.39, 0.29) is 11.7 Å². The van der Waals surface area contributed by atoms with Gasteiger partial charge in [-0.25, -0.2) is 4.39 Å². The van der Waals surface area contributed by atoms with E-state index in [0.29, 0.717) is 18.9 Å². The normalized spacial score (nSPS) is 18.8. The van der Waals surface area contributed by atoms with E-state index in [1.54, 1.807) is 12.1 Å². The number of hydrogen-bond acceptors (Lipinski definition) is 2. The summed E-state index contributed by atoms with van der Waals surface area (Å²) in [7, 11) is 1.92. The van der Waals surface area contributed by atoms with E-state index in [9.17, 15) is 9.18 Å². The number of aryl methyl sites for hydroxylation is 1. The number of carbonyl (C=O) groups excluding carboxylic acids is 1. The second kappa shape index (κ2) is 6.66. The van der Waals surface area contributed by atoms with Gasteiger partial charge < -0.3 is 10.2 Å². The number of hydrogen-bond donors (Lipinski definition) is 1. The molecule has 1 fully saturated rings. The van der Waals surface area contributed by atoms with Crippen LogP contribution in [0.15, 0.2) is 24.3 Å². The van der Waals surface area contributed by atoms with E-state index in [0.717, 1.165) is 31.5 Å². The maximum Gasteiger partial charge on any atom is 0.223 e. The number of carbonyl (C=O) groups is 1. The lowest BCUT2D eigenvalue weighted by molar-refractivity contribution is -0.131. The number of likely N-dealkylation sites (tertiary alicyclic amines) is 1. The first-order chi connectivity index (χ1) is 9.20. The van der Waals surface area contributed by atoms with Crippen LogP contribution in [0.5, 0.6) is 0 Å². The van der Waals surface area contributed by atoms with Crippen molar-refractivity contribution < 1.29 is 9.18 Å².